The topological polar surface area (TPSA) is 98.3 Å². The molecule has 0 amide bonds. The summed E-state index contributed by atoms with van der Waals surface area (Å²) < 4.78 is 0. The van der Waals surface area contributed by atoms with Gasteiger partial charge in [-0.3, -0.25) is 20.2 Å². The molecule has 1 aromatic carbocycles. The second kappa shape index (κ2) is 4.47. The Balaban J connectivity index is 3.20. The highest BCUT2D eigenvalue weighted by molar-refractivity contribution is 5.49. The van der Waals surface area contributed by atoms with Crippen LogP contribution in [0.25, 0.3) is 0 Å². The second-order valence-electron chi connectivity index (χ2n) is 2.86. The lowest BCUT2D eigenvalue weighted by Crippen LogP contribution is -2.07. The Morgan fingerprint density at radius 3 is 2.40 bits per heavy atom. The van der Waals surface area contributed by atoms with Gasteiger partial charge in [0.1, 0.15) is 0 Å². The summed E-state index contributed by atoms with van der Waals surface area (Å²) in [6.45, 7) is 0.300. The van der Waals surface area contributed by atoms with E-state index >= 15 is 0 Å². The van der Waals surface area contributed by atoms with Crippen LogP contribution in [0, 0.1) is 20.2 Å². The Morgan fingerprint density at radius 2 is 1.93 bits per heavy atom. The van der Waals surface area contributed by atoms with Crippen molar-refractivity contribution in [2.75, 3.05) is 7.05 Å². The van der Waals surface area contributed by atoms with Gasteiger partial charge in [0.15, 0.2) is 0 Å². The highest BCUT2D eigenvalue weighted by Gasteiger charge is 2.18. The van der Waals surface area contributed by atoms with Crippen molar-refractivity contribution in [1.82, 2.24) is 5.32 Å². The van der Waals surface area contributed by atoms with Crippen molar-refractivity contribution in [2.24, 2.45) is 0 Å². The van der Waals surface area contributed by atoms with E-state index in [9.17, 15) is 20.2 Å². The molecule has 7 heteroatoms. The fourth-order valence-corrected chi connectivity index (χ4v) is 1.18. The number of nitro benzene ring substituents is 2. The van der Waals surface area contributed by atoms with Gasteiger partial charge in [0, 0.05) is 18.2 Å². The summed E-state index contributed by atoms with van der Waals surface area (Å²) >= 11 is 0. The van der Waals surface area contributed by atoms with Gasteiger partial charge in [-0.15, -0.1) is 0 Å². The average Bonchev–Trinajstić information content (AvgIpc) is 2.18. The molecule has 0 saturated carbocycles. The first-order valence-corrected chi connectivity index (χ1v) is 4.12. The van der Waals surface area contributed by atoms with Gasteiger partial charge in [-0.1, -0.05) is 0 Å². The molecular weight excluding hydrogens is 202 g/mol. The lowest BCUT2D eigenvalue weighted by Gasteiger charge is -2.01. The maximum atomic E-state index is 10.6. The zero-order valence-corrected chi connectivity index (χ0v) is 7.97. The first kappa shape index (κ1) is 11.1. The van der Waals surface area contributed by atoms with Gasteiger partial charge < -0.3 is 5.32 Å². The van der Waals surface area contributed by atoms with Crippen LogP contribution >= 0.6 is 0 Å². The lowest BCUT2D eigenvalue weighted by atomic mass is 10.1. The summed E-state index contributed by atoms with van der Waals surface area (Å²) in [5.41, 5.74) is -0.0896. The minimum Gasteiger partial charge on any atom is -0.315 e. The third-order valence-corrected chi connectivity index (χ3v) is 1.84. The van der Waals surface area contributed by atoms with Crippen molar-refractivity contribution >= 4 is 11.4 Å². The van der Waals surface area contributed by atoms with E-state index in [0.29, 0.717) is 12.1 Å². The number of nitrogens with one attached hydrogen (secondary N) is 1. The van der Waals surface area contributed by atoms with Crippen LogP contribution in [0.2, 0.25) is 0 Å². The van der Waals surface area contributed by atoms with E-state index in [1.807, 2.05) is 0 Å². The Morgan fingerprint density at radius 1 is 1.27 bits per heavy atom. The molecule has 80 valence electrons. The van der Waals surface area contributed by atoms with E-state index in [1.165, 1.54) is 12.1 Å². The number of nitro groups is 2. The first-order valence-electron chi connectivity index (χ1n) is 4.12. The fourth-order valence-electron chi connectivity index (χ4n) is 1.18. The molecule has 1 N–H and O–H groups in total. The van der Waals surface area contributed by atoms with E-state index in [0.717, 1.165) is 6.07 Å². The molecular formula is C8H9N3O4. The number of non-ortho nitro benzene ring substituents is 1. The number of hydrogen-bond donors (Lipinski definition) is 1. The lowest BCUT2D eigenvalue weighted by molar-refractivity contribution is -0.394. The molecule has 0 atom stereocenters. The fraction of sp³-hybridized carbons (Fsp3) is 0.250. The van der Waals surface area contributed by atoms with Gasteiger partial charge in [0.25, 0.3) is 11.4 Å². The Hall–Kier alpha value is -2.02. The standard InChI is InChI=1S/C8H9N3O4/c1-9-5-6-2-3-7(10(12)13)4-8(6)11(14)15/h2-4,9H,5H2,1H3. The van der Waals surface area contributed by atoms with Crippen molar-refractivity contribution in [1.29, 1.82) is 0 Å². The molecule has 0 aliphatic carbocycles. The molecule has 0 aromatic heterocycles. The van der Waals surface area contributed by atoms with Gasteiger partial charge in [-0.25, -0.2) is 0 Å². The number of benzene rings is 1. The zero-order valence-electron chi connectivity index (χ0n) is 7.97. The Labute approximate surface area is 85.0 Å². The summed E-state index contributed by atoms with van der Waals surface area (Å²) in [7, 11) is 1.64. The van der Waals surface area contributed by atoms with Crippen LogP contribution in [-0.2, 0) is 6.54 Å². The molecule has 0 radical (unpaired) electrons. The van der Waals surface area contributed by atoms with Gasteiger partial charge in [-0.05, 0) is 13.1 Å². The van der Waals surface area contributed by atoms with Crippen molar-refractivity contribution < 1.29 is 9.85 Å². The molecule has 0 aliphatic rings. The quantitative estimate of drug-likeness (QED) is 0.596. The molecule has 0 aliphatic heterocycles. The predicted molar refractivity (Wildman–Crippen MR) is 52.5 cm³/mol. The molecule has 7 nitrogen and oxygen atoms in total. The van der Waals surface area contributed by atoms with Crippen molar-refractivity contribution in [3.8, 4) is 0 Å². The van der Waals surface area contributed by atoms with Crippen molar-refractivity contribution in [3.05, 3.63) is 44.0 Å². The van der Waals surface area contributed by atoms with E-state index < -0.39 is 9.85 Å². The average molecular weight is 211 g/mol. The molecule has 0 saturated heterocycles. The monoisotopic (exact) mass is 211 g/mol. The molecule has 0 fully saturated rings. The largest absolute Gasteiger partial charge is 0.315 e. The van der Waals surface area contributed by atoms with Gasteiger partial charge in [-0.2, -0.15) is 0 Å². The minimum absolute atomic E-state index is 0.237. The van der Waals surface area contributed by atoms with E-state index in [4.69, 9.17) is 0 Å². The van der Waals surface area contributed by atoms with Crippen LogP contribution in [0.4, 0.5) is 11.4 Å². The molecule has 1 rings (SSSR count). The highest BCUT2D eigenvalue weighted by atomic mass is 16.6. The highest BCUT2D eigenvalue weighted by Crippen LogP contribution is 2.24. The molecule has 0 spiro atoms. The van der Waals surface area contributed by atoms with Crippen molar-refractivity contribution in [3.63, 3.8) is 0 Å². The summed E-state index contributed by atoms with van der Waals surface area (Å²) in [5, 5.41) is 23.8. The maximum absolute atomic E-state index is 10.6. The molecule has 0 bridgehead atoms. The summed E-state index contributed by atoms with van der Waals surface area (Å²) in [6, 6.07) is 3.60. The Kier molecular flexibility index (Phi) is 3.29. The smallest absolute Gasteiger partial charge is 0.280 e. The SMILES string of the molecule is CNCc1ccc([N+](=O)[O-])cc1[N+](=O)[O-]. The third kappa shape index (κ3) is 2.47. The minimum atomic E-state index is -0.657. The van der Waals surface area contributed by atoms with E-state index in [-0.39, 0.29) is 11.4 Å². The number of nitrogens with zero attached hydrogens (tertiary/aromatic N) is 2. The molecule has 0 heterocycles. The van der Waals surface area contributed by atoms with Crippen LogP contribution in [0.5, 0.6) is 0 Å². The molecule has 0 unspecified atom stereocenters. The number of rotatable bonds is 4. The first-order chi connectivity index (χ1) is 7.06. The van der Waals surface area contributed by atoms with E-state index in [1.54, 1.807) is 7.05 Å². The summed E-state index contributed by atoms with van der Waals surface area (Å²) in [4.78, 5) is 19.8. The van der Waals surface area contributed by atoms with Crippen LogP contribution in [0.3, 0.4) is 0 Å². The van der Waals surface area contributed by atoms with Crippen molar-refractivity contribution in [2.45, 2.75) is 6.54 Å². The third-order valence-electron chi connectivity index (χ3n) is 1.84. The Bertz CT molecular complexity index is 405. The van der Waals surface area contributed by atoms with Crippen LogP contribution in [0.1, 0.15) is 5.56 Å². The van der Waals surface area contributed by atoms with E-state index in [2.05, 4.69) is 5.32 Å². The molecule has 1 aromatic rings. The molecule has 15 heavy (non-hydrogen) atoms. The summed E-state index contributed by atoms with van der Waals surface area (Å²) in [6.07, 6.45) is 0. The van der Waals surface area contributed by atoms with Gasteiger partial charge in [0.2, 0.25) is 0 Å². The summed E-state index contributed by atoms with van der Waals surface area (Å²) in [5.74, 6) is 0. The van der Waals surface area contributed by atoms with Gasteiger partial charge in [0.05, 0.1) is 15.9 Å². The van der Waals surface area contributed by atoms with Crippen LogP contribution in [-0.4, -0.2) is 16.9 Å². The normalized spacial score (nSPS) is 9.93. The van der Waals surface area contributed by atoms with Gasteiger partial charge >= 0.3 is 0 Å². The predicted octanol–water partition coefficient (Wildman–Crippen LogP) is 1.22. The zero-order chi connectivity index (χ0) is 11.4. The number of hydrogen-bond acceptors (Lipinski definition) is 5. The second-order valence-corrected chi connectivity index (χ2v) is 2.86. The van der Waals surface area contributed by atoms with Crippen LogP contribution in [0.15, 0.2) is 18.2 Å². The van der Waals surface area contributed by atoms with Crippen LogP contribution < -0.4 is 5.32 Å². The maximum Gasteiger partial charge on any atom is 0.280 e.